The molecule has 2 spiro atoms. The monoisotopic (exact) mass is 397 g/mol. The third-order valence-corrected chi connectivity index (χ3v) is 6.17. The molecule has 3 aliphatic heterocycles. The predicted octanol–water partition coefficient (Wildman–Crippen LogP) is 1.59. The molecular weight excluding hydrogens is 379 g/mol. The number of hydrogen-bond acceptors (Lipinski definition) is 5. The van der Waals surface area contributed by atoms with Gasteiger partial charge in [0.2, 0.25) is 0 Å². The molecule has 1 aromatic heterocycles. The van der Waals surface area contributed by atoms with Crippen molar-refractivity contribution < 1.29 is 27.5 Å². The van der Waals surface area contributed by atoms with E-state index in [1.54, 1.807) is 9.80 Å². The van der Waals surface area contributed by atoms with Gasteiger partial charge in [0.05, 0.1) is 25.0 Å². The van der Waals surface area contributed by atoms with Crippen molar-refractivity contribution in [3.63, 3.8) is 0 Å². The van der Waals surface area contributed by atoms with Gasteiger partial charge in [-0.1, -0.05) is 0 Å². The van der Waals surface area contributed by atoms with Crippen molar-refractivity contribution in [2.45, 2.75) is 30.5 Å². The van der Waals surface area contributed by atoms with Crippen LogP contribution in [0.5, 0.6) is 0 Å². The molecule has 11 heteroatoms. The molecule has 4 aliphatic rings. The van der Waals surface area contributed by atoms with E-state index in [0.29, 0.717) is 31.9 Å². The topological polar surface area (TPSA) is 87.7 Å². The van der Waals surface area contributed by atoms with Crippen LogP contribution in [0.4, 0.5) is 22.8 Å². The van der Waals surface area contributed by atoms with Gasteiger partial charge in [-0.2, -0.15) is 13.2 Å². The number of carbonyl (C=O) groups is 2. The minimum absolute atomic E-state index is 0.0396. The summed E-state index contributed by atoms with van der Waals surface area (Å²) in [7, 11) is 0. The number of carbonyl (C=O) groups excluding carboxylic acids is 2. The highest BCUT2D eigenvalue weighted by molar-refractivity contribution is 5.79. The number of amides is 3. The molecule has 3 amide bonds. The van der Waals surface area contributed by atoms with E-state index in [4.69, 9.17) is 4.74 Å². The van der Waals surface area contributed by atoms with Crippen LogP contribution in [0.25, 0.3) is 0 Å². The van der Waals surface area contributed by atoms with E-state index in [1.165, 1.54) is 6.20 Å². The van der Waals surface area contributed by atoms with Crippen molar-refractivity contribution in [2.24, 2.45) is 5.41 Å². The van der Waals surface area contributed by atoms with Crippen molar-refractivity contribution in [1.29, 1.82) is 0 Å². The molecule has 28 heavy (non-hydrogen) atoms. The van der Waals surface area contributed by atoms with E-state index in [2.05, 4.69) is 15.3 Å². The fourth-order valence-electron chi connectivity index (χ4n) is 4.73. The lowest BCUT2D eigenvalue weighted by Gasteiger charge is -2.60. The maximum atomic E-state index is 12.6. The molecule has 150 valence electrons. The minimum Gasteiger partial charge on any atom is -0.447 e. The Morgan fingerprint density at radius 1 is 1.14 bits per heavy atom. The van der Waals surface area contributed by atoms with Crippen LogP contribution in [-0.4, -0.2) is 70.2 Å². The van der Waals surface area contributed by atoms with Crippen LogP contribution in [0.1, 0.15) is 30.1 Å². The third-order valence-electron chi connectivity index (χ3n) is 6.17. The molecule has 1 saturated carbocycles. The molecule has 0 aromatic carbocycles. The number of urea groups is 1. The summed E-state index contributed by atoms with van der Waals surface area (Å²) in [6.45, 7) is 2.47. The smallest absolute Gasteiger partial charge is 0.434 e. The average molecular weight is 397 g/mol. The Hall–Kier alpha value is -2.59. The second-order valence-corrected chi connectivity index (χ2v) is 8.41. The van der Waals surface area contributed by atoms with Gasteiger partial charge in [-0.15, -0.1) is 0 Å². The van der Waals surface area contributed by atoms with Gasteiger partial charge in [0, 0.05) is 30.6 Å². The Kier molecular flexibility index (Phi) is 3.43. The number of ether oxygens (including phenoxy) is 1. The molecule has 0 radical (unpaired) electrons. The molecule has 5 rings (SSSR count). The number of halogens is 3. The number of likely N-dealkylation sites (tertiary alicyclic amines) is 2. The van der Waals surface area contributed by atoms with E-state index in [0.717, 1.165) is 19.0 Å². The van der Waals surface area contributed by atoms with E-state index >= 15 is 0 Å². The molecular formula is C17H18F3N5O3. The molecule has 0 atom stereocenters. The van der Waals surface area contributed by atoms with Crippen LogP contribution in [-0.2, 0) is 10.9 Å². The van der Waals surface area contributed by atoms with Gasteiger partial charge in [0.1, 0.15) is 12.1 Å². The van der Waals surface area contributed by atoms with E-state index in [9.17, 15) is 22.8 Å². The number of alkyl halides is 3. The molecule has 0 bridgehead atoms. The Labute approximate surface area is 158 Å². The summed E-state index contributed by atoms with van der Waals surface area (Å²) in [6, 6.07) is -0.0461. The number of nitrogens with zero attached hydrogens (tertiary/aromatic N) is 4. The summed E-state index contributed by atoms with van der Waals surface area (Å²) in [5.74, 6) is 0.0881. The number of hydrogen-bond donors (Lipinski definition) is 1. The van der Waals surface area contributed by atoms with Gasteiger partial charge in [-0.05, 0) is 12.8 Å². The predicted molar refractivity (Wildman–Crippen MR) is 87.2 cm³/mol. The molecule has 1 aliphatic carbocycles. The first kappa shape index (κ1) is 17.5. The van der Waals surface area contributed by atoms with Crippen LogP contribution in [0.15, 0.2) is 12.4 Å². The molecule has 1 aromatic rings. The summed E-state index contributed by atoms with van der Waals surface area (Å²) in [5, 5.41) is 2.75. The molecule has 0 unspecified atom stereocenters. The van der Waals surface area contributed by atoms with Crippen LogP contribution in [0, 0.1) is 5.41 Å². The highest BCUT2D eigenvalue weighted by Crippen LogP contribution is 2.56. The summed E-state index contributed by atoms with van der Waals surface area (Å²) in [5.41, 5.74) is -0.803. The highest BCUT2D eigenvalue weighted by Gasteiger charge is 2.57. The second-order valence-electron chi connectivity index (χ2n) is 8.41. The van der Waals surface area contributed by atoms with Gasteiger partial charge in [0.25, 0.3) is 0 Å². The zero-order valence-electron chi connectivity index (χ0n) is 14.8. The third kappa shape index (κ3) is 2.67. The Morgan fingerprint density at radius 3 is 2.36 bits per heavy atom. The fourth-order valence-corrected chi connectivity index (χ4v) is 4.73. The van der Waals surface area contributed by atoms with E-state index in [1.807, 2.05) is 0 Å². The zero-order valence-corrected chi connectivity index (χ0v) is 14.8. The van der Waals surface area contributed by atoms with E-state index in [-0.39, 0.29) is 24.0 Å². The standard InChI is InChI=1S/C17H18F3N5O3/c18-17(19,20)12-4-21-11(3-22-12)10-1-15(2-10)5-24(6-15)14(27)25-7-16(8-25)9-28-13(26)23-16/h3-4,10H,1-2,5-9H2,(H,23,26). The van der Waals surface area contributed by atoms with Crippen molar-refractivity contribution in [3.05, 3.63) is 23.8 Å². The number of alkyl carbamates (subject to hydrolysis) is 1. The SMILES string of the molecule is O=C1NC2(CO1)CN(C(=O)N1CC3(CC(c4cnc(C(F)(F)F)cn4)C3)C1)C2. The molecule has 4 fully saturated rings. The molecule has 3 saturated heterocycles. The van der Waals surface area contributed by atoms with E-state index < -0.39 is 23.5 Å². The first-order chi connectivity index (χ1) is 13.2. The lowest BCUT2D eigenvalue weighted by Crippen LogP contribution is -2.74. The highest BCUT2D eigenvalue weighted by atomic mass is 19.4. The maximum absolute atomic E-state index is 12.6. The van der Waals surface area contributed by atoms with Gasteiger partial charge in [0.15, 0.2) is 5.69 Å². The van der Waals surface area contributed by atoms with Crippen molar-refractivity contribution in [2.75, 3.05) is 32.8 Å². The van der Waals surface area contributed by atoms with Crippen LogP contribution < -0.4 is 5.32 Å². The number of aromatic nitrogens is 2. The fraction of sp³-hybridized carbons (Fsp3) is 0.647. The molecule has 1 N–H and O–H groups in total. The lowest BCUT2D eigenvalue weighted by atomic mass is 9.57. The largest absolute Gasteiger partial charge is 0.447 e. The summed E-state index contributed by atoms with van der Waals surface area (Å²) >= 11 is 0. The molecule has 4 heterocycles. The first-order valence-corrected chi connectivity index (χ1v) is 9.05. The number of nitrogens with one attached hydrogen (secondary N) is 1. The number of rotatable bonds is 1. The summed E-state index contributed by atoms with van der Waals surface area (Å²) in [4.78, 5) is 34.5. The minimum atomic E-state index is -4.48. The Morgan fingerprint density at radius 2 is 1.82 bits per heavy atom. The Bertz CT molecular complexity index is 823. The summed E-state index contributed by atoms with van der Waals surface area (Å²) in [6.07, 6.45) is -1.34. The average Bonchev–Trinajstić information content (AvgIpc) is 2.92. The van der Waals surface area contributed by atoms with Crippen LogP contribution in [0.2, 0.25) is 0 Å². The van der Waals surface area contributed by atoms with Crippen molar-refractivity contribution >= 4 is 12.1 Å². The second kappa shape index (κ2) is 5.48. The summed E-state index contributed by atoms with van der Waals surface area (Å²) < 4.78 is 42.6. The van der Waals surface area contributed by atoms with Crippen molar-refractivity contribution in [1.82, 2.24) is 25.1 Å². The van der Waals surface area contributed by atoms with Gasteiger partial charge < -0.3 is 19.9 Å². The maximum Gasteiger partial charge on any atom is 0.434 e. The first-order valence-electron chi connectivity index (χ1n) is 9.05. The molecule has 8 nitrogen and oxygen atoms in total. The quantitative estimate of drug-likeness (QED) is 0.778. The van der Waals surface area contributed by atoms with Gasteiger partial charge in [-0.25, -0.2) is 14.6 Å². The van der Waals surface area contributed by atoms with Gasteiger partial charge >= 0.3 is 18.3 Å². The zero-order chi connectivity index (χ0) is 19.7. The van der Waals surface area contributed by atoms with Crippen molar-refractivity contribution in [3.8, 4) is 0 Å². The van der Waals surface area contributed by atoms with Crippen LogP contribution in [0.3, 0.4) is 0 Å². The van der Waals surface area contributed by atoms with Crippen LogP contribution >= 0.6 is 0 Å². The Balaban J connectivity index is 1.11. The van der Waals surface area contributed by atoms with Gasteiger partial charge in [-0.3, -0.25) is 4.98 Å². The number of cyclic esters (lactones) is 1. The lowest BCUT2D eigenvalue weighted by molar-refractivity contribution is -0.141. The normalized spacial score (nSPS) is 25.0.